The second kappa shape index (κ2) is 7.47. The lowest BCUT2D eigenvalue weighted by atomic mass is 9.98. The molecule has 8 heteroatoms. The lowest BCUT2D eigenvalue weighted by Gasteiger charge is -2.24. The first-order valence-corrected chi connectivity index (χ1v) is 8.81. The van der Waals surface area contributed by atoms with Gasteiger partial charge < -0.3 is 10.5 Å². The van der Waals surface area contributed by atoms with Gasteiger partial charge in [-0.2, -0.15) is 0 Å². The SMILES string of the molecule is CCOC(=O)C(C)(N)CC(C)Sc1nnc(SC)s1. The van der Waals surface area contributed by atoms with E-state index in [2.05, 4.69) is 10.2 Å². The smallest absolute Gasteiger partial charge is 0.325 e. The molecule has 0 radical (unpaired) electrons. The van der Waals surface area contributed by atoms with E-state index in [1.165, 1.54) is 0 Å². The van der Waals surface area contributed by atoms with E-state index in [0.29, 0.717) is 13.0 Å². The molecule has 0 aromatic carbocycles. The first kappa shape index (κ1) is 16.7. The molecule has 0 aliphatic carbocycles. The first-order valence-electron chi connectivity index (χ1n) is 5.89. The highest BCUT2D eigenvalue weighted by Crippen LogP contribution is 2.32. The molecular weight excluding hydrogens is 302 g/mol. The molecule has 2 N–H and O–H groups in total. The van der Waals surface area contributed by atoms with Crippen LogP contribution in [0.2, 0.25) is 0 Å². The third-order valence-corrected chi connectivity index (χ3v) is 5.40. The Morgan fingerprint density at radius 2 is 2.16 bits per heavy atom. The minimum atomic E-state index is -0.963. The zero-order chi connectivity index (χ0) is 14.5. The maximum Gasteiger partial charge on any atom is 0.325 e. The van der Waals surface area contributed by atoms with Gasteiger partial charge in [-0.05, 0) is 26.5 Å². The van der Waals surface area contributed by atoms with Crippen molar-refractivity contribution in [2.45, 2.75) is 46.7 Å². The molecule has 1 aromatic rings. The van der Waals surface area contributed by atoms with Gasteiger partial charge in [0.05, 0.1) is 6.61 Å². The molecule has 2 atom stereocenters. The highest BCUT2D eigenvalue weighted by molar-refractivity contribution is 8.03. The predicted molar refractivity (Wildman–Crippen MR) is 80.9 cm³/mol. The summed E-state index contributed by atoms with van der Waals surface area (Å²) >= 11 is 4.71. The van der Waals surface area contributed by atoms with E-state index in [-0.39, 0.29) is 11.2 Å². The lowest BCUT2D eigenvalue weighted by molar-refractivity contribution is -0.149. The van der Waals surface area contributed by atoms with Crippen molar-refractivity contribution in [3.05, 3.63) is 0 Å². The number of thioether (sulfide) groups is 2. The van der Waals surface area contributed by atoms with Crippen molar-refractivity contribution in [2.75, 3.05) is 12.9 Å². The van der Waals surface area contributed by atoms with Crippen molar-refractivity contribution in [1.82, 2.24) is 10.2 Å². The normalized spacial score (nSPS) is 15.8. The Labute approximate surface area is 126 Å². The number of carbonyl (C=O) groups excluding carboxylic acids is 1. The Bertz CT molecular complexity index is 423. The quantitative estimate of drug-likeness (QED) is 0.610. The molecule has 2 unspecified atom stereocenters. The van der Waals surface area contributed by atoms with Gasteiger partial charge in [-0.1, -0.05) is 41.8 Å². The molecule has 5 nitrogen and oxygen atoms in total. The fourth-order valence-corrected chi connectivity index (χ4v) is 4.46. The standard InChI is InChI=1S/C11H19N3O2S3/c1-5-16-8(15)11(3,12)6-7(2)18-10-14-13-9(17-4)19-10/h7H,5-6,12H2,1-4H3. The number of nitrogens with two attached hydrogens (primary N) is 1. The van der Waals surface area contributed by atoms with Crippen LogP contribution in [0.15, 0.2) is 8.68 Å². The largest absolute Gasteiger partial charge is 0.465 e. The second-order valence-electron chi connectivity index (χ2n) is 4.31. The van der Waals surface area contributed by atoms with E-state index < -0.39 is 5.54 Å². The van der Waals surface area contributed by atoms with Crippen LogP contribution in [0.5, 0.6) is 0 Å². The van der Waals surface area contributed by atoms with Gasteiger partial charge in [0.25, 0.3) is 0 Å². The van der Waals surface area contributed by atoms with E-state index in [9.17, 15) is 4.79 Å². The monoisotopic (exact) mass is 321 g/mol. The van der Waals surface area contributed by atoms with E-state index in [1.807, 2.05) is 13.2 Å². The maximum atomic E-state index is 11.7. The maximum absolute atomic E-state index is 11.7. The van der Waals surface area contributed by atoms with Gasteiger partial charge in [-0.25, -0.2) is 0 Å². The molecule has 0 saturated carbocycles. The van der Waals surface area contributed by atoms with Crippen molar-refractivity contribution in [2.24, 2.45) is 5.73 Å². The minimum absolute atomic E-state index is 0.169. The molecule has 0 bridgehead atoms. The fraction of sp³-hybridized carbons (Fsp3) is 0.727. The highest BCUT2D eigenvalue weighted by Gasteiger charge is 2.32. The van der Waals surface area contributed by atoms with E-state index >= 15 is 0 Å². The van der Waals surface area contributed by atoms with Crippen molar-refractivity contribution in [3.8, 4) is 0 Å². The van der Waals surface area contributed by atoms with Crippen LogP contribution in [0.25, 0.3) is 0 Å². The third kappa shape index (κ3) is 5.29. The summed E-state index contributed by atoms with van der Waals surface area (Å²) in [4.78, 5) is 11.7. The van der Waals surface area contributed by atoms with Gasteiger partial charge in [0.1, 0.15) is 5.54 Å². The topological polar surface area (TPSA) is 78.1 Å². The summed E-state index contributed by atoms with van der Waals surface area (Å²) in [6, 6.07) is 0. The highest BCUT2D eigenvalue weighted by atomic mass is 32.2. The Hall–Kier alpha value is -0.310. The average Bonchev–Trinajstić information content (AvgIpc) is 2.76. The Morgan fingerprint density at radius 3 is 2.68 bits per heavy atom. The summed E-state index contributed by atoms with van der Waals surface area (Å²) in [5.74, 6) is -0.357. The van der Waals surface area contributed by atoms with Crippen LogP contribution in [0, 0.1) is 0 Å². The van der Waals surface area contributed by atoms with Crippen LogP contribution in [-0.4, -0.2) is 39.8 Å². The van der Waals surface area contributed by atoms with Gasteiger partial charge >= 0.3 is 5.97 Å². The zero-order valence-corrected chi connectivity index (χ0v) is 14.0. The number of ether oxygens (including phenoxy) is 1. The summed E-state index contributed by atoms with van der Waals surface area (Å²) in [7, 11) is 0. The molecule has 0 spiro atoms. The molecule has 0 aliphatic heterocycles. The van der Waals surface area contributed by atoms with E-state index in [4.69, 9.17) is 10.5 Å². The molecule has 1 aromatic heterocycles. The number of aromatic nitrogens is 2. The predicted octanol–water partition coefficient (Wildman–Crippen LogP) is 2.41. The summed E-state index contributed by atoms with van der Waals surface area (Å²) in [6.07, 6.45) is 2.50. The molecule has 0 amide bonds. The van der Waals surface area contributed by atoms with Gasteiger partial charge in [0.2, 0.25) is 0 Å². The summed E-state index contributed by atoms with van der Waals surface area (Å²) in [6.45, 7) is 5.85. The summed E-state index contributed by atoms with van der Waals surface area (Å²) < 4.78 is 6.82. The lowest BCUT2D eigenvalue weighted by Crippen LogP contribution is -2.47. The summed E-state index contributed by atoms with van der Waals surface area (Å²) in [5.41, 5.74) is 5.04. The van der Waals surface area contributed by atoms with Gasteiger partial charge in [-0.15, -0.1) is 10.2 Å². The van der Waals surface area contributed by atoms with Crippen LogP contribution in [-0.2, 0) is 9.53 Å². The number of nitrogens with zero attached hydrogens (tertiary/aromatic N) is 2. The van der Waals surface area contributed by atoms with Crippen molar-refractivity contribution in [3.63, 3.8) is 0 Å². The number of carbonyl (C=O) groups is 1. The van der Waals surface area contributed by atoms with Crippen molar-refractivity contribution < 1.29 is 9.53 Å². The van der Waals surface area contributed by atoms with Gasteiger partial charge in [-0.3, -0.25) is 4.79 Å². The molecule has 19 heavy (non-hydrogen) atoms. The molecule has 108 valence electrons. The van der Waals surface area contributed by atoms with Gasteiger partial charge in [0, 0.05) is 5.25 Å². The number of esters is 1. The molecule has 0 aliphatic rings. The third-order valence-electron chi connectivity index (χ3n) is 2.32. The molecule has 0 fully saturated rings. The van der Waals surface area contributed by atoms with E-state index in [0.717, 1.165) is 8.68 Å². The Kier molecular flexibility index (Phi) is 6.58. The van der Waals surface area contributed by atoms with Crippen LogP contribution in [0.4, 0.5) is 0 Å². The number of rotatable bonds is 7. The minimum Gasteiger partial charge on any atom is -0.465 e. The zero-order valence-electron chi connectivity index (χ0n) is 11.5. The van der Waals surface area contributed by atoms with Crippen LogP contribution in [0.1, 0.15) is 27.2 Å². The Balaban J connectivity index is 2.54. The number of hydrogen-bond donors (Lipinski definition) is 1. The van der Waals surface area contributed by atoms with E-state index in [1.54, 1.807) is 48.7 Å². The molecule has 1 rings (SSSR count). The molecule has 1 heterocycles. The van der Waals surface area contributed by atoms with Gasteiger partial charge in [0.15, 0.2) is 8.68 Å². The van der Waals surface area contributed by atoms with Crippen molar-refractivity contribution >= 4 is 40.8 Å². The summed E-state index contributed by atoms with van der Waals surface area (Å²) in [5, 5.41) is 8.30. The van der Waals surface area contributed by atoms with Crippen LogP contribution >= 0.6 is 34.9 Å². The second-order valence-corrected chi connectivity index (χ2v) is 8.02. The molecular formula is C11H19N3O2S3. The van der Waals surface area contributed by atoms with Crippen LogP contribution in [0.3, 0.4) is 0 Å². The van der Waals surface area contributed by atoms with Crippen molar-refractivity contribution in [1.29, 1.82) is 0 Å². The first-order chi connectivity index (χ1) is 8.89. The molecule has 0 saturated heterocycles. The number of hydrogen-bond acceptors (Lipinski definition) is 8. The fourth-order valence-electron chi connectivity index (χ4n) is 1.52. The Morgan fingerprint density at radius 1 is 1.53 bits per heavy atom. The van der Waals surface area contributed by atoms with Crippen LogP contribution < -0.4 is 5.73 Å². The average molecular weight is 321 g/mol.